The van der Waals surface area contributed by atoms with Gasteiger partial charge in [0.15, 0.2) is 0 Å². The van der Waals surface area contributed by atoms with Crippen molar-refractivity contribution in [2.45, 2.75) is 38.3 Å². The minimum atomic E-state index is -0.748. The molecule has 3 nitrogen and oxygen atoms in total. The van der Waals surface area contributed by atoms with E-state index in [-0.39, 0.29) is 11.9 Å². The minimum Gasteiger partial charge on any atom is -0.317 e. The van der Waals surface area contributed by atoms with Crippen LogP contribution in [0.4, 0.5) is 0 Å². The Labute approximate surface area is 113 Å². The Bertz CT molecular complexity index is 485. The van der Waals surface area contributed by atoms with Crippen LogP contribution in [0, 0.1) is 11.3 Å². The van der Waals surface area contributed by atoms with Crippen LogP contribution in [0.5, 0.6) is 0 Å². The molecular formula is C12H13BrN2OS. The lowest BCUT2D eigenvalue weighted by Crippen LogP contribution is -2.48. The number of nitriles is 1. The van der Waals surface area contributed by atoms with E-state index in [9.17, 15) is 10.1 Å². The van der Waals surface area contributed by atoms with Crippen LogP contribution < -0.4 is 0 Å². The monoisotopic (exact) mass is 312 g/mol. The molecule has 0 atom stereocenters. The summed E-state index contributed by atoms with van der Waals surface area (Å²) in [6.07, 6.45) is 2.00. The van der Waals surface area contributed by atoms with Gasteiger partial charge in [-0.2, -0.15) is 5.26 Å². The van der Waals surface area contributed by atoms with Crippen molar-refractivity contribution < 1.29 is 4.79 Å². The molecule has 0 unspecified atom stereocenters. The highest BCUT2D eigenvalue weighted by Crippen LogP contribution is 2.36. The van der Waals surface area contributed by atoms with E-state index in [1.165, 1.54) is 11.3 Å². The van der Waals surface area contributed by atoms with Crippen molar-refractivity contribution in [1.29, 1.82) is 5.26 Å². The number of amides is 1. The van der Waals surface area contributed by atoms with Gasteiger partial charge < -0.3 is 4.90 Å². The van der Waals surface area contributed by atoms with E-state index >= 15 is 0 Å². The van der Waals surface area contributed by atoms with Crippen LogP contribution in [0.2, 0.25) is 0 Å². The molecule has 0 bridgehead atoms. The SMILES string of the molecule is CC(C)(C#N)N(C(=O)c1sccc1Br)C1CC1. The van der Waals surface area contributed by atoms with Crippen LogP contribution >= 0.6 is 27.3 Å². The number of nitrogens with zero attached hydrogens (tertiary/aromatic N) is 2. The van der Waals surface area contributed by atoms with Crippen LogP contribution in [0.25, 0.3) is 0 Å². The first-order valence-electron chi connectivity index (χ1n) is 5.45. The fraction of sp³-hybridized carbons (Fsp3) is 0.500. The van der Waals surface area contributed by atoms with Crippen molar-refractivity contribution in [1.82, 2.24) is 4.90 Å². The molecule has 0 radical (unpaired) electrons. The zero-order valence-corrected chi connectivity index (χ0v) is 12.1. The molecule has 0 saturated heterocycles. The number of thiophene rings is 1. The summed E-state index contributed by atoms with van der Waals surface area (Å²) in [5.74, 6) is -0.0408. The number of hydrogen-bond donors (Lipinski definition) is 0. The molecule has 1 aromatic rings. The third-order valence-electron chi connectivity index (χ3n) is 2.82. The molecule has 0 spiro atoms. The molecule has 1 aromatic heterocycles. The Kier molecular flexibility index (Phi) is 3.28. The quantitative estimate of drug-likeness (QED) is 0.858. The normalized spacial score (nSPS) is 15.4. The lowest BCUT2D eigenvalue weighted by molar-refractivity contribution is 0.0619. The lowest BCUT2D eigenvalue weighted by atomic mass is 10.0. The Morgan fingerprint density at radius 3 is 2.71 bits per heavy atom. The minimum absolute atomic E-state index is 0.0408. The second kappa shape index (κ2) is 4.43. The summed E-state index contributed by atoms with van der Waals surface area (Å²) in [5, 5.41) is 11.1. The Morgan fingerprint density at radius 2 is 2.29 bits per heavy atom. The molecule has 1 heterocycles. The molecule has 17 heavy (non-hydrogen) atoms. The maximum Gasteiger partial charge on any atom is 0.266 e. The molecule has 2 rings (SSSR count). The van der Waals surface area contributed by atoms with Gasteiger partial charge in [0.2, 0.25) is 0 Å². The average Bonchev–Trinajstić information content (AvgIpc) is 2.99. The largest absolute Gasteiger partial charge is 0.317 e. The number of halogens is 1. The van der Waals surface area contributed by atoms with Gasteiger partial charge in [0.25, 0.3) is 5.91 Å². The first-order chi connectivity index (χ1) is 7.97. The highest BCUT2D eigenvalue weighted by molar-refractivity contribution is 9.10. The van der Waals surface area contributed by atoms with E-state index in [1.54, 1.807) is 18.7 Å². The van der Waals surface area contributed by atoms with Crippen molar-refractivity contribution in [3.8, 4) is 6.07 Å². The fourth-order valence-corrected chi connectivity index (χ4v) is 3.30. The van der Waals surface area contributed by atoms with Gasteiger partial charge in [0, 0.05) is 10.5 Å². The first-order valence-corrected chi connectivity index (χ1v) is 7.12. The molecule has 5 heteroatoms. The van der Waals surface area contributed by atoms with E-state index < -0.39 is 5.54 Å². The highest BCUT2D eigenvalue weighted by atomic mass is 79.9. The molecule has 1 aliphatic rings. The second-order valence-electron chi connectivity index (χ2n) is 4.67. The van der Waals surface area contributed by atoms with E-state index in [4.69, 9.17) is 0 Å². The summed E-state index contributed by atoms with van der Waals surface area (Å²) < 4.78 is 0.812. The second-order valence-corrected chi connectivity index (χ2v) is 6.45. The summed E-state index contributed by atoms with van der Waals surface area (Å²) in [4.78, 5) is 14.9. The standard InChI is InChI=1S/C12H13BrN2OS/c1-12(2,7-14)15(8-3-4-8)11(16)10-9(13)5-6-17-10/h5-6,8H,3-4H2,1-2H3. The average molecular weight is 313 g/mol. The smallest absolute Gasteiger partial charge is 0.266 e. The Balaban J connectivity index is 2.33. The molecule has 1 aliphatic carbocycles. The topological polar surface area (TPSA) is 44.1 Å². The van der Waals surface area contributed by atoms with Crippen molar-refractivity contribution in [3.05, 3.63) is 20.8 Å². The van der Waals surface area contributed by atoms with E-state index in [1.807, 2.05) is 11.4 Å². The molecular weight excluding hydrogens is 300 g/mol. The molecule has 0 aliphatic heterocycles. The van der Waals surface area contributed by atoms with E-state index in [0.29, 0.717) is 4.88 Å². The van der Waals surface area contributed by atoms with Gasteiger partial charge in [-0.25, -0.2) is 0 Å². The van der Waals surface area contributed by atoms with Crippen molar-refractivity contribution >= 4 is 33.2 Å². The lowest BCUT2D eigenvalue weighted by Gasteiger charge is -2.33. The van der Waals surface area contributed by atoms with Gasteiger partial charge in [-0.15, -0.1) is 11.3 Å². The maximum absolute atomic E-state index is 12.5. The third-order valence-corrected chi connectivity index (χ3v) is 4.64. The van der Waals surface area contributed by atoms with Crippen LogP contribution in [-0.2, 0) is 0 Å². The predicted octanol–water partition coefficient (Wildman–Crippen LogP) is 3.42. The zero-order valence-electron chi connectivity index (χ0n) is 9.74. The molecule has 0 N–H and O–H groups in total. The van der Waals surface area contributed by atoms with Gasteiger partial charge in [-0.05, 0) is 54.1 Å². The molecule has 90 valence electrons. The van der Waals surface area contributed by atoms with Crippen LogP contribution in [0.1, 0.15) is 36.4 Å². The van der Waals surface area contributed by atoms with Gasteiger partial charge in [0.05, 0.1) is 6.07 Å². The Morgan fingerprint density at radius 1 is 1.65 bits per heavy atom. The van der Waals surface area contributed by atoms with Gasteiger partial charge in [0.1, 0.15) is 10.4 Å². The number of rotatable bonds is 3. The van der Waals surface area contributed by atoms with Crippen molar-refractivity contribution in [3.63, 3.8) is 0 Å². The summed E-state index contributed by atoms with van der Waals surface area (Å²) >= 11 is 4.78. The molecule has 1 amide bonds. The Hall–Kier alpha value is -0.860. The van der Waals surface area contributed by atoms with Gasteiger partial charge in [-0.3, -0.25) is 4.79 Å². The van der Waals surface area contributed by atoms with Crippen LogP contribution in [0.3, 0.4) is 0 Å². The molecule has 1 fully saturated rings. The highest BCUT2D eigenvalue weighted by Gasteiger charge is 2.42. The zero-order chi connectivity index (χ0) is 12.6. The van der Waals surface area contributed by atoms with Gasteiger partial charge >= 0.3 is 0 Å². The summed E-state index contributed by atoms with van der Waals surface area (Å²) in [6.45, 7) is 3.59. The first kappa shape index (κ1) is 12.6. The predicted molar refractivity (Wildman–Crippen MR) is 70.9 cm³/mol. The number of carbonyl (C=O) groups excluding carboxylic acids is 1. The van der Waals surface area contributed by atoms with Crippen molar-refractivity contribution in [2.24, 2.45) is 0 Å². The number of carbonyl (C=O) groups is 1. The fourth-order valence-electron chi connectivity index (χ4n) is 1.82. The van der Waals surface area contributed by atoms with E-state index in [2.05, 4.69) is 22.0 Å². The number of hydrogen-bond acceptors (Lipinski definition) is 3. The van der Waals surface area contributed by atoms with Gasteiger partial charge in [-0.1, -0.05) is 0 Å². The van der Waals surface area contributed by atoms with Crippen LogP contribution in [-0.4, -0.2) is 22.4 Å². The van der Waals surface area contributed by atoms with Crippen LogP contribution in [0.15, 0.2) is 15.9 Å². The van der Waals surface area contributed by atoms with E-state index in [0.717, 1.165) is 17.3 Å². The molecule has 1 saturated carbocycles. The maximum atomic E-state index is 12.5. The van der Waals surface area contributed by atoms with Crippen molar-refractivity contribution in [2.75, 3.05) is 0 Å². The third kappa shape index (κ3) is 2.38. The summed E-state index contributed by atoms with van der Waals surface area (Å²) in [7, 11) is 0. The summed E-state index contributed by atoms with van der Waals surface area (Å²) in [6, 6.07) is 4.31. The summed E-state index contributed by atoms with van der Waals surface area (Å²) in [5.41, 5.74) is -0.748. The molecule has 0 aromatic carbocycles.